The van der Waals surface area contributed by atoms with Gasteiger partial charge in [0.2, 0.25) is 0 Å². The molecule has 0 aromatic heterocycles. The maximum atomic E-state index is 13.2. The molecule has 4 heteroatoms. The molecule has 1 fully saturated rings. The molecule has 1 aliphatic heterocycles. The molecule has 0 spiro atoms. The number of benzene rings is 1. The number of nitrogens with one attached hydrogen (secondary N) is 1. The van der Waals surface area contributed by atoms with Crippen molar-refractivity contribution in [1.29, 1.82) is 0 Å². The Morgan fingerprint density at radius 2 is 2.33 bits per heavy atom. The molecule has 1 saturated heterocycles. The van der Waals surface area contributed by atoms with Crippen molar-refractivity contribution in [1.82, 2.24) is 5.32 Å². The Balaban J connectivity index is 1.94. The Morgan fingerprint density at radius 1 is 1.56 bits per heavy atom. The summed E-state index contributed by atoms with van der Waals surface area (Å²) in [6.45, 7) is 5.90. The SMILES string of the molecule is CC(NCC1(C)CCCO1)c1ccc(F)c(Br)c1. The lowest BCUT2D eigenvalue weighted by Gasteiger charge is -2.26. The molecule has 100 valence electrons. The standard InChI is InChI=1S/C14H19BrFNO/c1-10(11-4-5-13(16)12(15)8-11)17-9-14(2)6-3-7-18-14/h4-5,8,10,17H,3,6-7,9H2,1-2H3. The van der Waals surface area contributed by atoms with E-state index in [1.807, 2.05) is 12.1 Å². The van der Waals surface area contributed by atoms with Crippen LogP contribution >= 0.6 is 15.9 Å². The van der Waals surface area contributed by atoms with Gasteiger partial charge in [0.25, 0.3) is 0 Å². The van der Waals surface area contributed by atoms with Crippen molar-refractivity contribution in [3.63, 3.8) is 0 Å². The largest absolute Gasteiger partial charge is 0.374 e. The van der Waals surface area contributed by atoms with E-state index in [4.69, 9.17) is 4.74 Å². The van der Waals surface area contributed by atoms with Gasteiger partial charge >= 0.3 is 0 Å². The second-order valence-electron chi connectivity index (χ2n) is 5.18. The second kappa shape index (κ2) is 5.68. The third kappa shape index (κ3) is 3.31. The van der Waals surface area contributed by atoms with Gasteiger partial charge in [-0.15, -0.1) is 0 Å². The molecule has 1 aromatic carbocycles. The fourth-order valence-corrected chi connectivity index (χ4v) is 2.64. The number of hydrogen-bond acceptors (Lipinski definition) is 2. The summed E-state index contributed by atoms with van der Waals surface area (Å²) in [7, 11) is 0. The third-order valence-corrected chi connectivity index (χ3v) is 4.13. The smallest absolute Gasteiger partial charge is 0.137 e. The first-order valence-electron chi connectivity index (χ1n) is 6.32. The molecule has 18 heavy (non-hydrogen) atoms. The van der Waals surface area contributed by atoms with Gasteiger partial charge in [-0.25, -0.2) is 4.39 Å². The van der Waals surface area contributed by atoms with Crippen LogP contribution in [0.25, 0.3) is 0 Å². The zero-order valence-corrected chi connectivity index (χ0v) is 12.4. The van der Waals surface area contributed by atoms with Crippen molar-refractivity contribution in [2.45, 2.75) is 38.3 Å². The van der Waals surface area contributed by atoms with Crippen LogP contribution in [0.2, 0.25) is 0 Å². The van der Waals surface area contributed by atoms with Crippen LogP contribution in [-0.4, -0.2) is 18.8 Å². The van der Waals surface area contributed by atoms with Crippen molar-refractivity contribution in [2.75, 3.05) is 13.2 Å². The number of hydrogen-bond donors (Lipinski definition) is 1. The Morgan fingerprint density at radius 3 is 2.94 bits per heavy atom. The summed E-state index contributed by atoms with van der Waals surface area (Å²) in [5.74, 6) is -0.225. The van der Waals surface area contributed by atoms with Gasteiger partial charge in [-0.2, -0.15) is 0 Å². The first kappa shape index (κ1) is 14.0. The van der Waals surface area contributed by atoms with Crippen molar-refractivity contribution in [3.8, 4) is 0 Å². The Kier molecular flexibility index (Phi) is 4.41. The molecule has 1 heterocycles. The van der Waals surface area contributed by atoms with Crippen LogP contribution in [0.4, 0.5) is 4.39 Å². The van der Waals surface area contributed by atoms with Crippen LogP contribution < -0.4 is 5.32 Å². The fourth-order valence-electron chi connectivity index (χ4n) is 2.24. The van der Waals surface area contributed by atoms with Gasteiger partial charge in [-0.3, -0.25) is 0 Å². The van der Waals surface area contributed by atoms with Crippen molar-refractivity contribution >= 4 is 15.9 Å². The van der Waals surface area contributed by atoms with Crippen molar-refractivity contribution < 1.29 is 9.13 Å². The minimum atomic E-state index is -0.225. The van der Waals surface area contributed by atoms with Gasteiger partial charge in [0.1, 0.15) is 5.82 Å². The van der Waals surface area contributed by atoms with Crippen molar-refractivity contribution in [3.05, 3.63) is 34.1 Å². The summed E-state index contributed by atoms with van der Waals surface area (Å²) >= 11 is 3.21. The van der Waals surface area contributed by atoms with Crippen LogP contribution in [-0.2, 0) is 4.74 Å². The highest BCUT2D eigenvalue weighted by atomic mass is 79.9. The Bertz CT molecular complexity index is 418. The van der Waals surface area contributed by atoms with E-state index in [1.165, 1.54) is 6.07 Å². The third-order valence-electron chi connectivity index (χ3n) is 3.53. The van der Waals surface area contributed by atoms with Crippen molar-refractivity contribution in [2.24, 2.45) is 0 Å². The fraction of sp³-hybridized carbons (Fsp3) is 0.571. The molecular weight excluding hydrogens is 297 g/mol. The molecule has 2 rings (SSSR count). The average molecular weight is 316 g/mol. The van der Waals surface area contributed by atoms with E-state index in [0.717, 1.165) is 31.6 Å². The lowest BCUT2D eigenvalue weighted by molar-refractivity contribution is 0.0191. The second-order valence-corrected chi connectivity index (χ2v) is 6.03. The summed E-state index contributed by atoms with van der Waals surface area (Å²) in [5.41, 5.74) is 1.02. The molecule has 0 saturated carbocycles. The number of rotatable bonds is 4. The molecule has 2 nitrogen and oxygen atoms in total. The minimum absolute atomic E-state index is 0.0501. The number of halogens is 2. The van der Waals surface area contributed by atoms with E-state index in [1.54, 1.807) is 0 Å². The van der Waals surface area contributed by atoms with Crippen LogP contribution in [0.5, 0.6) is 0 Å². The quantitative estimate of drug-likeness (QED) is 0.912. The van der Waals surface area contributed by atoms with E-state index >= 15 is 0 Å². The highest BCUT2D eigenvalue weighted by Crippen LogP contribution is 2.26. The predicted octanol–water partition coefficient (Wildman–Crippen LogP) is 3.81. The van der Waals surface area contributed by atoms with Crippen LogP contribution in [0.15, 0.2) is 22.7 Å². The Labute approximate surface area is 116 Å². The Hall–Kier alpha value is -0.450. The summed E-state index contributed by atoms with van der Waals surface area (Å²) in [4.78, 5) is 0. The molecule has 1 aromatic rings. The van der Waals surface area contributed by atoms with Crippen LogP contribution in [0, 0.1) is 5.82 Å². The van der Waals surface area contributed by atoms with E-state index < -0.39 is 0 Å². The molecule has 0 amide bonds. The molecule has 2 atom stereocenters. The monoisotopic (exact) mass is 315 g/mol. The molecule has 0 aliphatic carbocycles. The maximum Gasteiger partial charge on any atom is 0.137 e. The zero-order chi connectivity index (χ0) is 13.2. The van der Waals surface area contributed by atoms with E-state index in [9.17, 15) is 4.39 Å². The highest BCUT2D eigenvalue weighted by Gasteiger charge is 2.29. The zero-order valence-electron chi connectivity index (χ0n) is 10.8. The molecule has 1 aliphatic rings. The first-order valence-corrected chi connectivity index (χ1v) is 7.12. The van der Waals surface area contributed by atoms with Gasteiger partial charge in [-0.1, -0.05) is 6.07 Å². The van der Waals surface area contributed by atoms with E-state index in [2.05, 4.69) is 35.1 Å². The summed E-state index contributed by atoms with van der Waals surface area (Å²) < 4.78 is 19.4. The minimum Gasteiger partial charge on any atom is -0.374 e. The topological polar surface area (TPSA) is 21.3 Å². The predicted molar refractivity (Wildman–Crippen MR) is 74.1 cm³/mol. The average Bonchev–Trinajstić information content (AvgIpc) is 2.77. The van der Waals surface area contributed by atoms with Crippen LogP contribution in [0.1, 0.15) is 38.3 Å². The number of ether oxygens (including phenoxy) is 1. The lowest BCUT2D eigenvalue weighted by Crippen LogP contribution is -2.38. The normalized spacial score (nSPS) is 25.3. The van der Waals surface area contributed by atoms with Gasteiger partial charge < -0.3 is 10.1 Å². The van der Waals surface area contributed by atoms with Gasteiger partial charge in [-0.05, 0) is 60.3 Å². The molecule has 0 bridgehead atoms. The van der Waals surface area contributed by atoms with Gasteiger partial charge in [0.05, 0.1) is 10.1 Å². The van der Waals surface area contributed by atoms with Gasteiger partial charge in [0.15, 0.2) is 0 Å². The van der Waals surface area contributed by atoms with Crippen LogP contribution in [0.3, 0.4) is 0 Å². The molecule has 0 radical (unpaired) electrons. The summed E-state index contributed by atoms with van der Waals surface area (Å²) in [6.07, 6.45) is 2.23. The molecule has 1 N–H and O–H groups in total. The molecule has 2 unspecified atom stereocenters. The highest BCUT2D eigenvalue weighted by molar-refractivity contribution is 9.10. The van der Waals surface area contributed by atoms with E-state index in [0.29, 0.717) is 4.47 Å². The summed E-state index contributed by atoms with van der Waals surface area (Å²) in [6, 6.07) is 5.31. The lowest BCUT2D eigenvalue weighted by atomic mass is 10.0. The van der Waals surface area contributed by atoms with E-state index in [-0.39, 0.29) is 17.5 Å². The summed E-state index contributed by atoms with van der Waals surface area (Å²) in [5, 5.41) is 3.46. The van der Waals surface area contributed by atoms with Gasteiger partial charge in [0, 0.05) is 19.2 Å². The maximum absolute atomic E-state index is 13.2. The molecular formula is C14H19BrFNO. The first-order chi connectivity index (χ1) is 8.50.